The molecule has 3 rings (SSSR count). The Morgan fingerprint density at radius 2 is 2.00 bits per heavy atom. The first kappa shape index (κ1) is 11.2. The second-order valence-corrected chi connectivity index (χ2v) is 7.63. The van der Waals surface area contributed by atoms with Crippen LogP contribution in [0.4, 0.5) is 0 Å². The molecule has 2 saturated heterocycles. The SMILES string of the molecule is O=S1(=O)C2CCCC1CC(O)(c1cnoc1)C2. The average Bonchev–Trinajstić information content (AvgIpc) is 2.74. The molecule has 5 nitrogen and oxygen atoms in total. The fourth-order valence-corrected chi connectivity index (χ4v) is 5.67. The topological polar surface area (TPSA) is 80.4 Å². The van der Waals surface area contributed by atoms with Crippen LogP contribution in [0.15, 0.2) is 17.0 Å². The van der Waals surface area contributed by atoms with Gasteiger partial charge in [0.25, 0.3) is 0 Å². The number of sulfone groups is 1. The minimum atomic E-state index is -3.04. The summed E-state index contributed by atoms with van der Waals surface area (Å²) in [4.78, 5) is 0. The van der Waals surface area contributed by atoms with Gasteiger partial charge in [-0.05, 0) is 25.7 Å². The summed E-state index contributed by atoms with van der Waals surface area (Å²) in [6.07, 6.45) is 5.69. The van der Waals surface area contributed by atoms with Crippen LogP contribution in [0.25, 0.3) is 0 Å². The third-order valence-electron chi connectivity index (χ3n) is 4.08. The Labute approximate surface area is 99.7 Å². The molecule has 2 aliphatic heterocycles. The quantitative estimate of drug-likeness (QED) is 0.811. The fourth-order valence-electron chi connectivity index (χ4n) is 3.12. The fraction of sp³-hybridized carbons (Fsp3) is 0.727. The van der Waals surface area contributed by atoms with Crippen molar-refractivity contribution >= 4 is 9.84 Å². The van der Waals surface area contributed by atoms with Crippen LogP contribution < -0.4 is 0 Å². The van der Waals surface area contributed by atoms with Crippen molar-refractivity contribution in [1.29, 1.82) is 0 Å². The van der Waals surface area contributed by atoms with Gasteiger partial charge < -0.3 is 9.63 Å². The first-order valence-corrected chi connectivity index (χ1v) is 7.48. The Kier molecular flexibility index (Phi) is 2.35. The maximum Gasteiger partial charge on any atom is 0.156 e. The lowest BCUT2D eigenvalue weighted by Gasteiger charge is -2.43. The van der Waals surface area contributed by atoms with Crippen molar-refractivity contribution in [2.45, 2.75) is 48.2 Å². The highest BCUT2D eigenvalue weighted by molar-refractivity contribution is 7.92. The predicted molar refractivity (Wildman–Crippen MR) is 60.0 cm³/mol. The van der Waals surface area contributed by atoms with Crippen LogP contribution in [-0.4, -0.2) is 29.2 Å². The smallest absolute Gasteiger partial charge is 0.156 e. The molecule has 2 fully saturated rings. The van der Waals surface area contributed by atoms with E-state index in [2.05, 4.69) is 5.16 Å². The van der Waals surface area contributed by atoms with Crippen LogP contribution in [-0.2, 0) is 15.4 Å². The zero-order valence-electron chi connectivity index (χ0n) is 9.37. The van der Waals surface area contributed by atoms with E-state index in [1.807, 2.05) is 0 Å². The van der Waals surface area contributed by atoms with E-state index in [0.29, 0.717) is 18.4 Å². The number of aliphatic hydroxyl groups is 1. The normalized spacial score (nSPS) is 40.1. The van der Waals surface area contributed by atoms with E-state index in [-0.39, 0.29) is 12.8 Å². The molecular weight excluding hydrogens is 242 g/mol. The number of rotatable bonds is 1. The summed E-state index contributed by atoms with van der Waals surface area (Å²) in [5.74, 6) is 0. The van der Waals surface area contributed by atoms with Gasteiger partial charge in [0.15, 0.2) is 9.84 Å². The van der Waals surface area contributed by atoms with Gasteiger partial charge >= 0.3 is 0 Å². The zero-order valence-corrected chi connectivity index (χ0v) is 10.2. The van der Waals surface area contributed by atoms with Crippen molar-refractivity contribution in [3.05, 3.63) is 18.0 Å². The molecule has 1 aromatic rings. The molecular formula is C11H15NO4S. The van der Waals surface area contributed by atoms with E-state index in [0.717, 1.165) is 6.42 Å². The molecule has 0 radical (unpaired) electrons. The van der Waals surface area contributed by atoms with Crippen molar-refractivity contribution in [3.63, 3.8) is 0 Å². The van der Waals surface area contributed by atoms with Gasteiger partial charge in [0.2, 0.25) is 0 Å². The van der Waals surface area contributed by atoms with Crippen molar-refractivity contribution in [2.75, 3.05) is 0 Å². The molecule has 0 spiro atoms. The summed E-state index contributed by atoms with van der Waals surface area (Å²) in [6, 6.07) is 0. The Hall–Kier alpha value is -0.880. The Balaban J connectivity index is 1.98. The molecule has 0 saturated carbocycles. The summed E-state index contributed by atoms with van der Waals surface area (Å²) in [5.41, 5.74) is -0.481. The summed E-state index contributed by atoms with van der Waals surface area (Å²) in [6.45, 7) is 0. The minimum Gasteiger partial charge on any atom is -0.385 e. The molecule has 0 aromatic carbocycles. The molecule has 2 unspecified atom stereocenters. The molecule has 94 valence electrons. The summed E-state index contributed by atoms with van der Waals surface area (Å²) in [7, 11) is -3.04. The van der Waals surface area contributed by atoms with Crippen LogP contribution in [0.3, 0.4) is 0 Å². The molecule has 2 bridgehead atoms. The highest BCUT2D eigenvalue weighted by atomic mass is 32.2. The number of nitrogens with zero attached hydrogens (tertiary/aromatic N) is 1. The molecule has 2 atom stereocenters. The molecule has 17 heavy (non-hydrogen) atoms. The van der Waals surface area contributed by atoms with Crippen molar-refractivity contribution in [2.24, 2.45) is 0 Å². The van der Waals surface area contributed by atoms with Crippen molar-refractivity contribution in [3.8, 4) is 0 Å². The van der Waals surface area contributed by atoms with Gasteiger partial charge in [-0.15, -0.1) is 0 Å². The van der Waals surface area contributed by atoms with Crippen molar-refractivity contribution in [1.82, 2.24) is 5.16 Å². The lowest BCUT2D eigenvalue weighted by molar-refractivity contribution is 0.00451. The lowest BCUT2D eigenvalue weighted by atomic mass is 9.82. The van der Waals surface area contributed by atoms with E-state index in [4.69, 9.17) is 4.52 Å². The molecule has 2 aliphatic rings. The van der Waals surface area contributed by atoms with E-state index in [1.165, 1.54) is 12.5 Å². The number of hydrogen-bond donors (Lipinski definition) is 1. The van der Waals surface area contributed by atoms with Gasteiger partial charge in [0.05, 0.1) is 22.3 Å². The van der Waals surface area contributed by atoms with E-state index in [9.17, 15) is 13.5 Å². The van der Waals surface area contributed by atoms with Gasteiger partial charge in [-0.3, -0.25) is 0 Å². The van der Waals surface area contributed by atoms with E-state index >= 15 is 0 Å². The maximum absolute atomic E-state index is 12.1. The van der Waals surface area contributed by atoms with Crippen LogP contribution in [0.1, 0.15) is 37.7 Å². The number of aromatic nitrogens is 1. The first-order valence-electron chi connectivity index (χ1n) is 5.87. The Bertz CT molecular complexity index is 488. The third-order valence-corrected chi connectivity index (χ3v) is 6.75. The Morgan fingerprint density at radius 3 is 2.53 bits per heavy atom. The van der Waals surface area contributed by atoms with Gasteiger partial charge in [0.1, 0.15) is 6.26 Å². The predicted octanol–water partition coefficient (Wildman–Crippen LogP) is 0.992. The summed E-state index contributed by atoms with van der Waals surface area (Å²) < 4.78 is 29.0. The summed E-state index contributed by atoms with van der Waals surface area (Å²) in [5, 5.41) is 13.4. The second kappa shape index (κ2) is 3.55. The van der Waals surface area contributed by atoms with E-state index in [1.54, 1.807) is 0 Å². The highest BCUT2D eigenvalue weighted by Crippen LogP contribution is 2.45. The van der Waals surface area contributed by atoms with Crippen molar-refractivity contribution < 1.29 is 18.0 Å². The minimum absolute atomic E-state index is 0.271. The molecule has 0 amide bonds. The number of fused-ring (bicyclic) bond motifs is 2. The molecule has 1 aromatic heterocycles. The molecule has 6 heteroatoms. The van der Waals surface area contributed by atoms with Crippen LogP contribution in [0.2, 0.25) is 0 Å². The number of hydrogen-bond acceptors (Lipinski definition) is 5. The van der Waals surface area contributed by atoms with Gasteiger partial charge in [0, 0.05) is 5.56 Å². The second-order valence-electron chi connectivity index (χ2n) is 5.12. The first-order chi connectivity index (χ1) is 8.02. The van der Waals surface area contributed by atoms with Crippen LogP contribution in [0.5, 0.6) is 0 Å². The van der Waals surface area contributed by atoms with Crippen LogP contribution in [0, 0.1) is 0 Å². The Morgan fingerprint density at radius 1 is 1.35 bits per heavy atom. The highest BCUT2D eigenvalue weighted by Gasteiger charge is 2.51. The third kappa shape index (κ3) is 1.62. The summed E-state index contributed by atoms with van der Waals surface area (Å²) >= 11 is 0. The van der Waals surface area contributed by atoms with E-state index < -0.39 is 25.9 Å². The van der Waals surface area contributed by atoms with Crippen LogP contribution >= 0.6 is 0 Å². The molecule has 1 N–H and O–H groups in total. The largest absolute Gasteiger partial charge is 0.385 e. The molecule has 0 aliphatic carbocycles. The zero-order chi connectivity index (χ0) is 12.1. The van der Waals surface area contributed by atoms with Gasteiger partial charge in [-0.1, -0.05) is 11.6 Å². The lowest BCUT2D eigenvalue weighted by Crippen LogP contribution is -2.50. The average molecular weight is 257 g/mol. The maximum atomic E-state index is 12.1. The molecule has 3 heterocycles. The van der Waals surface area contributed by atoms with Gasteiger partial charge in [-0.2, -0.15) is 0 Å². The standard InChI is InChI=1S/C11H15NO4S/c13-11(8-6-12-16-7-8)4-9-2-1-3-10(5-11)17(9,14)15/h6-7,9-10,13H,1-5H2. The van der Waals surface area contributed by atoms with Gasteiger partial charge in [-0.25, -0.2) is 8.42 Å². The monoisotopic (exact) mass is 257 g/mol.